The molecule has 0 radical (unpaired) electrons. The van der Waals surface area contributed by atoms with Gasteiger partial charge in [0.1, 0.15) is 6.20 Å². The molecule has 1 aromatic rings. The van der Waals surface area contributed by atoms with E-state index in [1.807, 2.05) is 19.0 Å². The van der Waals surface area contributed by atoms with Gasteiger partial charge in [0.2, 0.25) is 0 Å². The van der Waals surface area contributed by atoms with Gasteiger partial charge in [0.25, 0.3) is 11.6 Å². The zero-order valence-electron chi connectivity index (χ0n) is 8.97. The van der Waals surface area contributed by atoms with Crippen LogP contribution in [0.3, 0.4) is 0 Å². The van der Waals surface area contributed by atoms with Crippen molar-refractivity contribution >= 4 is 5.82 Å². The molecule has 0 spiro atoms. The Labute approximate surface area is 90.7 Å². The molecule has 7 heteroatoms. The minimum Gasteiger partial charge on any atom is -0.300 e. The summed E-state index contributed by atoms with van der Waals surface area (Å²) in [6.07, 6.45) is -3.84. The van der Waals surface area contributed by atoms with Gasteiger partial charge in [0.15, 0.2) is 0 Å². The molecular formula is C9H12F3N4+. The van der Waals surface area contributed by atoms with Crippen LogP contribution < -0.4 is 10.1 Å². The number of alkyl halides is 3. The summed E-state index contributed by atoms with van der Waals surface area (Å²) in [6.45, 7) is 0.590. The lowest BCUT2D eigenvalue weighted by molar-refractivity contribution is -0.548. The Morgan fingerprint density at radius 1 is 1.44 bits per heavy atom. The molecule has 0 saturated heterocycles. The molecule has 0 atom stereocenters. The molecule has 1 aliphatic heterocycles. The lowest BCUT2D eigenvalue weighted by atomic mass is 10.2. The van der Waals surface area contributed by atoms with Crippen molar-refractivity contribution in [1.82, 2.24) is 9.88 Å². The topological polar surface area (TPSA) is 42.0 Å². The third-order valence-electron chi connectivity index (χ3n) is 2.17. The highest BCUT2D eigenvalue weighted by molar-refractivity contribution is 5.43. The maximum Gasteiger partial charge on any atom is 0.393 e. The van der Waals surface area contributed by atoms with Gasteiger partial charge in [0.05, 0.1) is 18.5 Å². The van der Waals surface area contributed by atoms with E-state index >= 15 is 0 Å². The molecule has 0 fully saturated rings. The van der Waals surface area contributed by atoms with Gasteiger partial charge >= 0.3 is 6.18 Å². The molecule has 0 aliphatic carbocycles. The SMILES string of the molecule is CN(C)Cc1ncc(CC(F)(F)F)c2[n+]1N2. The van der Waals surface area contributed by atoms with E-state index in [0.29, 0.717) is 18.2 Å². The third kappa shape index (κ3) is 2.41. The Balaban J connectivity index is 2.16. The lowest BCUT2D eigenvalue weighted by Gasteiger charge is -2.04. The van der Waals surface area contributed by atoms with Crippen molar-refractivity contribution in [3.63, 3.8) is 0 Å². The van der Waals surface area contributed by atoms with Gasteiger partial charge in [-0.1, -0.05) is 4.68 Å². The fourth-order valence-electron chi connectivity index (χ4n) is 1.50. The number of hydrogen-bond donors (Lipinski definition) is 1. The van der Waals surface area contributed by atoms with Gasteiger partial charge < -0.3 is 0 Å². The zero-order valence-corrected chi connectivity index (χ0v) is 8.97. The van der Waals surface area contributed by atoms with E-state index < -0.39 is 12.6 Å². The van der Waals surface area contributed by atoms with Crippen molar-refractivity contribution in [3.8, 4) is 0 Å². The number of halogens is 3. The molecule has 88 valence electrons. The number of anilines is 1. The second-order valence-corrected chi connectivity index (χ2v) is 4.03. The summed E-state index contributed by atoms with van der Waals surface area (Å²) in [6, 6.07) is 0. The first kappa shape index (κ1) is 11.1. The maximum absolute atomic E-state index is 12.2. The number of nitrogens with one attached hydrogen (secondary N) is 1. The quantitative estimate of drug-likeness (QED) is 0.627. The molecule has 1 aromatic heterocycles. The van der Waals surface area contributed by atoms with Gasteiger partial charge in [-0.3, -0.25) is 4.90 Å². The van der Waals surface area contributed by atoms with Crippen LogP contribution in [-0.4, -0.2) is 30.2 Å². The highest BCUT2D eigenvalue weighted by atomic mass is 19.4. The van der Waals surface area contributed by atoms with Crippen LogP contribution in [0, 0.1) is 0 Å². The van der Waals surface area contributed by atoms with Crippen LogP contribution in [0.4, 0.5) is 19.0 Å². The van der Waals surface area contributed by atoms with Gasteiger partial charge in [-0.25, -0.2) is 0 Å². The maximum atomic E-state index is 12.2. The zero-order chi connectivity index (χ0) is 11.9. The van der Waals surface area contributed by atoms with Crippen molar-refractivity contribution in [2.45, 2.75) is 19.1 Å². The minimum absolute atomic E-state index is 0.190. The number of rotatable bonds is 3. The number of nitrogens with zero attached hydrogens (tertiary/aromatic N) is 3. The van der Waals surface area contributed by atoms with Crippen LogP contribution in [-0.2, 0) is 13.0 Å². The monoisotopic (exact) mass is 233 g/mol. The van der Waals surface area contributed by atoms with Crippen molar-refractivity contribution < 1.29 is 17.8 Å². The number of fused-ring (bicyclic) bond motifs is 1. The molecule has 1 N–H and O–H groups in total. The summed E-state index contributed by atoms with van der Waals surface area (Å²) in [4.78, 5) is 5.92. The largest absolute Gasteiger partial charge is 0.393 e. The van der Waals surface area contributed by atoms with Crippen molar-refractivity contribution in [2.75, 3.05) is 19.5 Å². The van der Waals surface area contributed by atoms with Gasteiger partial charge in [-0.05, 0) is 14.1 Å². The molecule has 0 saturated carbocycles. The molecular weight excluding hydrogens is 221 g/mol. The Morgan fingerprint density at radius 2 is 2.12 bits per heavy atom. The van der Waals surface area contributed by atoms with Gasteiger partial charge in [0, 0.05) is 0 Å². The fourth-order valence-corrected chi connectivity index (χ4v) is 1.50. The van der Waals surface area contributed by atoms with Crippen LogP contribution in [0.1, 0.15) is 11.4 Å². The predicted octanol–water partition coefficient (Wildman–Crippen LogP) is 0.724. The molecule has 0 bridgehead atoms. The Kier molecular flexibility index (Phi) is 2.49. The van der Waals surface area contributed by atoms with Crippen LogP contribution in [0.5, 0.6) is 0 Å². The Morgan fingerprint density at radius 3 is 2.69 bits per heavy atom. The second kappa shape index (κ2) is 3.58. The fraction of sp³-hybridized carbons (Fsp3) is 0.556. The van der Waals surface area contributed by atoms with Gasteiger partial charge in [-0.15, -0.1) is 10.4 Å². The van der Waals surface area contributed by atoms with Crippen LogP contribution in [0.15, 0.2) is 6.20 Å². The molecule has 0 amide bonds. The highest BCUT2D eigenvalue weighted by Crippen LogP contribution is 2.26. The summed E-state index contributed by atoms with van der Waals surface area (Å²) in [7, 11) is 3.75. The molecule has 0 aromatic carbocycles. The van der Waals surface area contributed by atoms with Crippen molar-refractivity contribution in [3.05, 3.63) is 17.6 Å². The second-order valence-electron chi connectivity index (χ2n) is 4.03. The third-order valence-corrected chi connectivity index (χ3v) is 2.17. The molecule has 16 heavy (non-hydrogen) atoms. The predicted molar refractivity (Wildman–Crippen MR) is 50.6 cm³/mol. The van der Waals surface area contributed by atoms with Crippen LogP contribution >= 0.6 is 0 Å². The normalized spacial score (nSPS) is 13.6. The Hall–Kier alpha value is -1.37. The first-order chi connectivity index (χ1) is 7.37. The van der Waals surface area contributed by atoms with E-state index in [0.717, 1.165) is 0 Å². The van der Waals surface area contributed by atoms with E-state index in [2.05, 4.69) is 10.4 Å². The van der Waals surface area contributed by atoms with Crippen LogP contribution in [0.2, 0.25) is 0 Å². The van der Waals surface area contributed by atoms with E-state index in [9.17, 15) is 13.2 Å². The van der Waals surface area contributed by atoms with Crippen LogP contribution in [0.25, 0.3) is 0 Å². The molecule has 2 rings (SSSR count). The Bertz CT molecular complexity index is 414. The van der Waals surface area contributed by atoms with Crippen molar-refractivity contribution in [2.24, 2.45) is 0 Å². The average Bonchev–Trinajstić information content (AvgIpc) is 2.85. The summed E-state index contributed by atoms with van der Waals surface area (Å²) in [5.74, 6) is 1.23. The van der Waals surface area contributed by atoms with E-state index in [1.54, 1.807) is 4.68 Å². The number of hydrogen-bond acceptors (Lipinski definition) is 3. The summed E-state index contributed by atoms with van der Waals surface area (Å²) < 4.78 is 38.1. The number of aromatic nitrogens is 2. The molecule has 4 nitrogen and oxygen atoms in total. The summed E-state index contributed by atoms with van der Waals surface area (Å²) in [5.41, 5.74) is 2.97. The highest BCUT2D eigenvalue weighted by Gasteiger charge is 2.39. The van der Waals surface area contributed by atoms with E-state index in [4.69, 9.17) is 0 Å². The van der Waals surface area contributed by atoms with E-state index in [-0.39, 0.29) is 5.56 Å². The average molecular weight is 233 g/mol. The first-order valence-corrected chi connectivity index (χ1v) is 4.78. The molecule has 1 aliphatic rings. The summed E-state index contributed by atoms with van der Waals surface area (Å²) >= 11 is 0. The van der Waals surface area contributed by atoms with Gasteiger partial charge in [-0.2, -0.15) is 13.2 Å². The lowest BCUT2D eigenvalue weighted by Crippen LogP contribution is -2.29. The summed E-state index contributed by atoms with van der Waals surface area (Å²) in [5, 5.41) is 0. The molecule has 0 unspecified atom stereocenters. The first-order valence-electron chi connectivity index (χ1n) is 4.78. The standard InChI is InChI=1S/C9H11F3N4/c1-15(2)5-7-13-4-6(3-9(10,11)12)8-14-16(7)8/h4H,3,5H2,1-2H3/p+1. The minimum atomic E-state index is -4.19. The molecule has 2 heterocycles. The van der Waals surface area contributed by atoms with Crippen molar-refractivity contribution in [1.29, 1.82) is 0 Å². The smallest absolute Gasteiger partial charge is 0.300 e. The van der Waals surface area contributed by atoms with E-state index in [1.165, 1.54) is 6.20 Å².